The van der Waals surface area contributed by atoms with Gasteiger partial charge in [-0.25, -0.2) is 0 Å². The maximum absolute atomic E-state index is 11.4. The van der Waals surface area contributed by atoms with Gasteiger partial charge in [-0.05, 0) is 12.1 Å². The molecule has 0 spiro atoms. The standard InChI is InChI=1S/C11H12ClNO4/c1-17-9-6-7(2-3-8(9)12)13-10(14)4-5-11(15)16/h2-3,6H,4-5H2,1H3,(H,13,14)(H,15,16). The van der Waals surface area contributed by atoms with E-state index in [9.17, 15) is 9.59 Å². The first-order chi connectivity index (χ1) is 8.02. The zero-order valence-electron chi connectivity index (χ0n) is 9.20. The lowest BCUT2D eigenvalue weighted by Gasteiger charge is -2.07. The predicted molar refractivity (Wildman–Crippen MR) is 63.5 cm³/mol. The maximum Gasteiger partial charge on any atom is 0.303 e. The molecule has 1 amide bonds. The number of rotatable bonds is 5. The third-order valence-corrected chi connectivity index (χ3v) is 2.31. The molecule has 0 saturated carbocycles. The van der Waals surface area contributed by atoms with Crippen LogP contribution in [0.5, 0.6) is 5.75 Å². The van der Waals surface area contributed by atoms with Crippen molar-refractivity contribution >= 4 is 29.2 Å². The fourth-order valence-corrected chi connectivity index (χ4v) is 1.38. The average Bonchev–Trinajstić information content (AvgIpc) is 2.29. The zero-order chi connectivity index (χ0) is 12.8. The van der Waals surface area contributed by atoms with Crippen LogP contribution in [0.1, 0.15) is 12.8 Å². The van der Waals surface area contributed by atoms with E-state index in [1.165, 1.54) is 7.11 Å². The molecule has 0 saturated heterocycles. The summed E-state index contributed by atoms with van der Waals surface area (Å²) in [5.41, 5.74) is 0.515. The van der Waals surface area contributed by atoms with E-state index in [1.54, 1.807) is 18.2 Å². The number of carboxylic acid groups (broad SMARTS) is 1. The highest BCUT2D eigenvalue weighted by atomic mass is 35.5. The van der Waals surface area contributed by atoms with Crippen molar-refractivity contribution in [3.05, 3.63) is 23.2 Å². The summed E-state index contributed by atoms with van der Waals surface area (Å²) < 4.78 is 4.99. The number of hydrogen-bond donors (Lipinski definition) is 2. The summed E-state index contributed by atoms with van der Waals surface area (Å²) in [6.45, 7) is 0. The minimum absolute atomic E-state index is 0.0692. The highest BCUT2D eigenvalue weighted by Crippen LogP contribution is 2.27. The molecule has 0 aliphatic rings. The van der Waals surface area contributed by atoms with Crippen molar-refractivity contribution in [1.82, 2.24) is 0 Å². The van der Waals surface area contributed by atoms with E-state index in [2.05, 4.69) is 5.32 Å². The molecule has 0 radical (unpaired) electrons. The van der Waals surface area contributed by atoms with Crippen molar-refractivity contribution in [2.45, 2.75) is 12.8 Å². The first kappa shape index (κ1) is 13.3. The molecule has 17 heavy (non-hydrogen) atoms. The topological polar surface area (TPSA) is 75.6 Å². The molecule has 0 atom stereocenters. The number of halogens is 1. The van der Waals surface area contributed by atoms with E-state index in [0.29, 0.717) is 16.5 Å². The van der Waals surface area contributed by atoms with Gasteiger partial charge in [-0.3, -0.25) is 9.59 Å². The average molecular weight is 258 g/mol. The van der Waals surface area contributed by atoms with Crippen LogP contribution in [0.2, 0.25) is 5.02 Å². The Bertz CT molecular complexity index is 433. The first-order valence-electron chi connectivity index (χ1n) is 4.88. The number of carboxylic acids is 1. The van der Waals surface area contributed by atoms with Crippen molar-refractivity contribution in [1.29, 1.82) is 0 Å². The number of nitrogens with one attached hydrogen (secondary N) is 1. The van der Waals surface area contributed by atoms with Gasteiger partial charge in [0.15, 0.2) is 0 Å². The van der Waals surface area contributed by atoms with Crippen molar-refractivity contribution < 1.29 is 19.4 Å². The second-order valence-corrected chi connectivity index (χ2v) is 3.70. The maximum atomic E-state index is 11.4. The normalized spacial score (nSPS) is 9.76. The molecule has 1 aromatic carbocycles. The number of hydrogen-bond acceptors (Lipinski definition) is 3. The largest absolute Gasteiger partial charge is 0.495 e. The molecule has 0 unspecified atom stereocenters. The van der Waals surface area contributed by atoms with E-state index in [1.807, 2.05) is 0 Å². The summed E-state index contributed by atoms with van der Waals surface area (Å²) in [6, 6.07) is 4.78. The van der Waals surface area contributed by atoms with Gasteiger partial charge in [-0.1, -0.05) is 11.6 Å². The van der Waals surface area contributed by atoms with Gasteiger partial charge >= 0.3 is 5.97 Å². The van der Waals surface area contributed by atoms with Crippen LogP contribution in [-0.4, -0.2) is 24.1 Å². The first-order valence-corrected chi connectivity index (χ1v) is 5.26. The molecule has 5 nitrogen and oxygen atoms in total. The number of amides is 1. The van der Waals surface area contributed by atoms with Crippen molar-refractivity contribution in [2.75, 3.05) is 12.4 Å². The summed E-state index contributed by atoms with van der Waals surface area (Å²) in [6.07, 6.45) is -0.267. The molecule has 92 valence electrons. The minimum Gasteiger partial charge on any atom is -0.495 e. The Morgan fingerprint density at radius 3 is 2.71 bits per heavy atom. The number of methoxy groups -OCH3 is 1. The Labute approximate surface area is 103 Å². The van der Waals surface area contributed by atoms with Gasteiger partial charge < -0.3 is 15.2 Å². The van der Waals surface area contributed by atoms with Gasteiger partial charge in [0.2, 0.25) is 5.91 Å². The molecule has 0 heterocycles. The van der Waals surface area contributed by atoms with Gasteiger partial charge in [0.25, 0.3) is 0 Å². The fraction of sp³-hybridized carbons (Fsp3) is 0.273. The lowest BCUT2D eigenvalue weighted by Crippen LogP contribution is -2.13. The second kappa shape index (κ2) is 6.10. The number of carbonyl (C=O) groups excluding carboxylic acids is 1. The van der Waals surface area contributed by atoms with E-state index in [-0.39, 0.29) is 18.7 Å². The van der Waals surface area contributed by atoms with E-state index in [4.69, 9.17) is 21.4 Å². The summed E-state index contributed by atoms with van der Waals surface area (Å²) in [7, 11) is 1.47. The SMILES string of the molecule is COc1cc(NC(=O)CCC(=O)O)ccc1Cl. The quantitative estimate of drug-likeness (QED) is 0.847. The molecular formula is C11H12ClNO4. The Morgan fingerprint density at radius 2 is 2.12 bits per heavy atom. The van der Waals surface area contributed by atoms with E-state index in [0.717, 1.165) is 0 Å². The smallest absolute Gasteiger partial charge is 0.303 e. The molecule has 1 aromatic rings. The van der Waals surface area contributed by atoms with Crippen LogP contribution in [0.3, 0.4) is 0 Å². The minimum atomic E-state index is -1.01. The van der Waals surface area contributed by atoms with Crippen LogP contribution < -0.4 is 10.1 Å². The monoisotopic (exact) mass is 257 g/mol. The van der Waals surface area contributed by atoms with Gasteiger partial charge in [-0.15, -0.1) is 0 Å². The van der Waals surface area contributed by atoms with Crippen LogP contribution in [-0.2, 0) is 9.59 Å². The molecule has 0 aliphatic carbocycles. The Hall–Kier alpha value is -1.75. The molecule has 1 rings (SSSR count). The molecule has 0 aromatic heterocycles. The van der Waals surface area contributed by atoms with Crippen molar-refractivity contribution in [3.8, 4) is 5.75 Å². The highest BCUT2D eigenvalue weighted by molar-refractivity contribution is 6.32. The Kier molecular flexibility index (Phi) is 4.78. The zero-order valence-corrected chi connectivity index (χ0v) is 9.95. The second-order valence-electron chi connectivity index (χ2n) is 3.29. The van der Waals surface area contributed by atoms with Crippen LogP contribution >= 0.6 is 11.6 Å². The van der Waals surface area contributed by atoms with Crippen LogP contribution in [0, 0.1) is 0 Å². The lowest BCUT2D eigenvalue weighted by atomic mass is 10.2. The van der Waals surface area contributed by atoms with Gasteiger partial charge in [0.1, 0.15) is 5.75 Å². The molecular weight excluding hydrogens is 246 g/mol. The summed E-state index contributed by atoms with van der Waals surface area (Å²) >= 11 is 5.82. The summed E-state index contributed by atoms with van der Waals surface area (Å²) in [4.78, 5) is 21.6. The Balaban J connectivity index is 2.62. The predicted octanol–water partition coefficient (Wildman–Crippen LogP) is 2.15. The van der Waals surface area contributed by atoms with Gasteiger partial charge in [0, 0.05) is 18.2 Å². The summed E-state index contributed by atoms with van der Waals surface area (Å²) in [5.74, 6) is -0.923. The van der Waals surface area contributed by atoms with Crippen molar-refractivity contribution in [3.63, 3.8) is 0 Å². The van der Waals surface area contributed by atoms with Gasteiger partial charge in [0.05, 0.1) is 18.6 Å². The lowest BCUT2D eigenvalue weighted by molar-refractivity contribution is -0.138. The van der Waals surface area contributed by atoms with Crippen molar-refractivity contribution in [2.24, 2.45) is 0 Å². The molecule has 0 bridgehead atoms. The molecule has 0 fully saturated rings. The molecule has 2 N–H and O–H groups in total. The number of anilines is 1. The number of benzene rings is 1. The fourth-order valence-electron chi connectivity index (χ4n) is 1.18. The van der Waals surface area contributed by atoms with Gasteiger partial charge in [-0.2, -0.15) is 0 Å². The molecule has 0 aliphatic heterocycles. The Morgan fingerprint density at radius 1 is 1.41 bits per heavy atom. The van der Waals surface area contributed by atoms with E-state index < -0.39 is 5.97 Å². The summed E-state index contributed by atoms with van der Waals surface area (Å²) in [5, 5.41) is 11.4. The van der Waals surface area contributed by atoms with Crippen LogP contribution in [0.25, 0.3) is 0 Å². The number of carbonyl (C=O) groups is 2. The number of aliphatic carboxylic acids is 1. The van der Waals surface area contributed by atoms with Crippen LogP contribution in [0.15, 0.2) is 18.2 Å². The third kappa shape index (κ3) is 4.32. The van der Waals surface area contributed by atoms with Crippen LogP contribution in [0.4, 0.5) is 5.69 Å². The molecule has 6 heteroatoms. The van der Waals surface area contributed by atoms with E-state index >= 15 is 0 Å². The highest BCUT2D eigenvalue weighted by Gasteiger charge is 2.07. The third-order valence-electron chi connectivity index (χ3n) is 2.00. The number of ether oxygens (including phenoxy) is 1.